The van der Waals surface area contributed by atoms with Gasteiger partial charge in [-0.15, -0.1) is 0 Å². The number of carbonyl (C=O) groups excluding carboxylic acids is 1. The molecule has 1 aliphatic heterocycles. The van der Waals surface area contributed by atoms with Crippen LogP contribution < -0.4 is 5.73 Å². The molecule has 1 atom stereocenters. The molecule has 1 amide bonds. The third kappa shape index (κ3) is 2.38. The van der Waals surface area contributed by atoms with Crippen LogP contribution in [0.15, 0.2) is 0 Å². The zero-order valence-corrected chi connectivity index (χ0v) is 11.8. The van der Waals surface area contributed by atoms with Gasteiger partial charge in [0.1, 0.15) is 5.69 Å². The number of hydrogen-bond donors (Lipinski definition) is 2. The normalized spacial score (nSPS) is 21.8. The molecule has 110 valence electrons. The van der Waals surface area contributed by atoms with Crippen molar-refractivity contribution in [1.82, 2.24) is 15.1 Å². The lowest BCUT2D eigenvalue weighted by Crippen LogP contribution is -2.54. The molecule has 0 bridgehead atoms. The molecule has 3 N–H and O–H groups in total. The minimum Gasteiger partial charge on any atom is -0.336 e. The molecular formula is C12H19N5O3. The van der Waals surface area contributed by atoms with E-state index < -0.39 is 10.8 Å². The summed E-state index contributed by atoms with van der Waals surface area (Å²) in [6.45, 7) is 6.46. The fourth-order valence-electron chi connectivity index (χ4n) is 2.49. The van der Waals surface area contributed by atoms with Crippen LogP contribution in [0.1, 0.15) is 36.5 Å². The first-order chi connectivity index (χ1) is 9.24. The molecule has 8 heteroatoms. The standard InChI is InChI=1S/C12H19N5O3/c1-7-10(17(19)20)9(15-14-7)11(18)16-5-4-8(13)12(2,3)6-16/h8H,4-6,13H2,1-3H3,(H,14,15). The Morgan fingerprint density at radius 2 is 2.25 bits per heavy atom. The first-order valence-corrected chi connectivity index (χ1v) is 6.48. The topological polar surface area (TPSA) is 118 Å². The Balaban J connectivity index is 2.27. The maximum absolute atomic E-state index is 12.4. The molecule has 0 spiro atoms. The molecule has 2 rings (SSSR count). The van der Waals surface area contributed by atoms with Crippen molar-refractivity contribution in [3.63, 3.8) is 0 Å². The van der Waals surface area contributed by atoms with Gasteiger partial charge in [-0.25, -0.2) is 0 Å². The summed E-state index contributed by atoms with van der Waals surface area (Å²) in [5, 5.41) is 17.3. The van der Waals surface area contributed by atoms with E-state index in [9.17, 15) is 14.9 Å². The first-order valence-electron chi connectivity index (χ1n) is 6.48. The van der Waals surface area contributed by atoms with Crippen molar-refractivity contribution < 1.29 is 9.72 Å². The molecule has 0 saturated carbocycles. The SMILES string of the molecule is Cc1[nH]nc(C(=O)N2CCC(N)C(C)(C)C2)c1[N+](=O)[O-]. The molecule has 1 aliphatic rings. The van der Waals surface area contributed by atoms with Crippen molar-refractivity contribution >= 4 is 11.6 Å². The molecule has 1 aromatic rings. The third-order valence-corrected chi connectivity index (χ3v) is 3.90. The lowest BCUT2D eigenvalue weighted by molar-refractivity contribution is -0.385. The summed E-state index contributed by atoms with van der Waals surface area (Å²) in [5.41, 5.74) is 5.72. The van der Waals surface area contributed by atoms with Crippen molar-refractivity contribution in [2.75, 3.05) is 13.1 Å². The van der Waals surface area contributed by atoms with Crippen LogP contribution in [0.2, 0.25) is 0 Å². The predicted octanol–water partition coefficient (Wildman–Crippen LogP) is 0.826. The number of carbonyl (C=O) groups is 1. The van der Waals surface area contributed by atoms with Gasteiger partial charge in [0.2, 0.25) is 5.69 Å². The van der Waals surface area contributed by atoms with Crippen LogP contribution in [0.25, 0.3) is 0 Å². The molecule has 20 heavy (non-hydrogen) atoms. The number of nitrogens with two attached hydrogens (primary N) is 1. The number of rotatable bonds is 2. The van der Waals surface area contributed by atoms with E-state index in [-0.39, 0.29) is 28.5 Å². The number of amides is 1. The van der Waals surface area contributed by atoms with E-state index in [0.717, 1.165) is 0 Å². The predicted molar refractivity (Wildman–Crippen MR) is 72.3 cm³/mol. The minimum absolute atomic E-state index is 0.0162. The molecular weight excluding hydrogens is 262 g/mol. The number of nitrogens with one attached hydrogen (secondary N) is 1. The van der Waals surface area contributed by atoms with E-state index in [2.05, 4.69) is 10.2 Å². The number of aromatic amines is 1. The summed E-state index contributed by atoms with van der Waals surface area (Å²) in [6.07, 6.45) is 0.677. The molecule has 0 aromatic carbocycles. The zero-order chi connectivity index (χ0) is 15.1. The lowest BCUT2D eigenvalue weighted by atomic mass is 9.79. The van der Waals surface area contributed by atoms with E-state index in [0.29, 0.717) is 19.5 Å². The Bertz CT molecular complexity index is 551. The number of aryl methyl sites for hydroxylation is 1. The van der Waals surface area contributed by atoms with E-state index in [1.165, 1.54) is 6.92 Å². The third-order valence-electron chi connectivity index (χ3n) is 3.90. The Morgan fingerprint density at radius 1 is 1.60 bits per heavy atom. The van der Waals surface area contributed by atoms with Crippen LogP contribution >= 0.6 is 0 Å². The first kappa shape index (κ1) is 14.4. The van der Waals surface area contributed by atoms with Crippen molar-refractivity contribution in [3.8, 4) is 0 Å². The van der Waals surface area contributed by atoms with Crippen molar-refractivity contribution in [2.45, 2.75) is 33.2 Å². The number of nitro groups is 1. The van der Waals surface area contributed by atoms with Crippen LogP contribution in [0.5, 0.6) is 0 Å². The molecule has 1 aromatic heterocycles. The fourth-order valence-corrected chi connectivity index (χ4v) is 2.49. The summed E-state index contributed by atoms with van der Waals surface area (Å²) >= 11 is 0. The summed E-state index contributed by atoms with van der Waals surface area (Å²) in [7, 11) is 0. The Labute approximate surface area is 116 Å². The van der Waals surface area contributed by atoms with Crippen LogP contribution in [0.3, 0.4) is 0 Å². The highest BCUT2D eigenvalue weighted by molar-refractivity contribution is 5.96. The second-order valence-corrected chi connectivity index (χ2v) is 5.91. The van der Waals surface area contributed by atoms with E-state index in [1.807, 2.05) is 13.8 Å². The van der Waals surface area contributed by atoms with Gasteiger partial charge in [0, 0.05) is 19.1 Å². The Kier molecular flexibility index (Phi) is 3.51. The zero-order valence-electron chi connectivity index (χ0n) is 11.8. The molecule has 8 nitrogen and oxygen atoms in total. The van der Waals surface area contributed by atoms with Gasteiger partial charge >= 0.3 is 5.69 Å². The molecule has 2 heterocycles. The molecule has 1 unspecified atom stereocenters. The highest BCUT2D eigenvalue weighted by Gasteiger charge is 2.38. The Morgan fingerprint density at radius 3 is 2.80 bits per heavy atom. The molecule has 0 aliphatic carbocycles. The van der Waals surface area contributed by atoms with Gasteiger partial charge in [-0.05, 0) is 18.8 Å². The summed E-state index contributed by atoms with van der Waals surface area (Å²) < 4.78 is 0. The van der Waals surface area contributed by atoms with Crippen molar-refractivity contribution in [2.24, 2.45) is 11.1 Å². The lowest BCUT2D eigenvalue weighted by Gasteiger charge is -2.42. The number of likely N-dealkylation sites (tertiary alicyclic amines) is 1. The smallest absolute Gasteiger partial charge is 0.322 e. The molecule has 0 radical (unpaired) electrons. The summed E-state index contributed by atoms with van der Waals surface area (Å²) in [5.74, 6) is -0.416. The second-order valence-electron chi connectivity index (χ2n) is 5.91. The quantitative estimate of drug-likeness (QED) is 0.614. The van der Waals surface area contributed by atoms with Crippen LogP contribution in [0, 0.1) is 22.5 Å². The van der Waals surface area contributed by atoms with Crippen molar-refractivity contribution in [1.29, 1.82) is 0 Å². The van der Waals surface area contributed by atoms with Crippen LogP contribution in [-0.4, -0.2) is 45.1 Å². The maximum atomic E-state index is 12.4. The monoisotopic (exact) mass is 281 g/mol. The molecule has 1 fully saturated rings. The number of piperidine rings is 1. The summed E-state index contributed by atoms with van der Waals surface area (Å²) in [4.78, 5) is 24.5. The van der Waals surface area contributed by atoms with E-state index >= 15 is 0 Å². The summed E-state index contributed by atoms with van der Waals surface area (Å²) in [6, 6.07) is 0.0162. The van der Waals surface area contributed by atoms with Crippen LogP contribution in [0.4, 0.5) is 5.69 Å². The van der Waals surface area contributed by atoms with Gasteiger partial charge in [-0.2, -0.15) is 5.10 Å². The van der Waals surface area contributed by atoms with Crippen LogP contribution in [-0.2, 0) is 0 Å². The number of aromatic nitrogens is 2. The van der Waals surface area contributed by atoms with Gasteiger partial charge < -0.3 is 10.6 Å². The van der Waals surface area contributed by atoms with E-state index in [1.54, 1.807) is 4.90 Å². The average molecular weight is 281 g/mol. The number of H-pyrrole nitrogens is 1. The van der Waals surface area contributed by atoms with Gasteiger partial charge in [0.15, 0.2) is 0 Å². The largest absolute Gasteiger partial charge is 0.336 e. The maximum Gasteiger partial charge on any atom is 0.322 e. The van der Waals surface area contributed by atoms with Gasteiger partial charge in [-0.1, -0.05) is 13.8 Å². The van der Waals surface area contributed by atoms with E-state index in [4.69, 9.17) is 5.73 Å². The van der Waals surface area contributed by atoms with Gasteiger partial charge in [0.25, 0.3) is 5.91 Å². The fraction of sp³-hybridized carbons (Fsp3) is 0.667. The second kappa shape index (κ2) is 4.86. The van der Waals surface area contributed by atoms with Gasteiger partial charge in [-0.3, -0.25) is 20.0 Å². The van der Waals surface area contributed by atoms with Crippen molar-refractivity contribution in [3.05, 3.63) is 21.5 Å². The highest BCUT2D eigenvalue weighted by atomic mass is 16.6. The number of hydrogen-bond acceptors (Lipinski definition) is 5. The number of nitrogens with zero attached hydrogens (tertiary/aromatic N) is 3. The average Bonchev–Trinajstić information content (AvgIpc) is 2.73. The van der Waals surface area contributed by atoms with Gasteiger partial charge in [0.05, 0.1) is 4.92 Å². The Hall–Kier alpha value is -1.96. The molecule has 1 saturated heterocycles. The minimum atomic E-state index is -0.576. The highest BCUT2D eigenvalue weighted by Crippen LogP contribution is 2.30.